The van der Waals surface area contributed by atoms with Gasteiger partial charge in [0.25, 0.3) is 0 Å². The molecule has 0 amide bonds. The molecule has 6 aromatic heterocycles. The van der Waals surface area contributed by atoms with E-state index in [1.54, 1.807) is 55.0 Å². The Morgan fingerprint density at radius 1 is 0.492 bits per heavy atom. The van der Waals surface area contributed by atoms with Crippen molar-refractivity contribution >= 4 is 88.6 Å². The summed E-state index contributed by atoms with van der Waals surface area (Å²) in [4.78, 5) is 16.2. The van der Waals surface area contributed by atoms with E-state index in [1.165, 1.54) is 42.6 Å². The molecule has 0 saturated carbocycles. The number of nitrogens with zero attached hydrogens (tertiary/aromatic N) is 4. The van der Waals surface area contributed by atoms with Crippen molar-refractivity contribution < 1.29 is 37.9 Å². The van der Waals surface area contributed by atoms with Crippen LogP contribution in [0.5, 0.6) is 11.5 Å². The molecule has 0 aliphatic heterocycles. The Bertz CT molecular complexity index is 2840. The number of aromatic hydroxyl groups is 2. The average Bonchev–Trinajstić information content (AvgIpc) is 3.82. The summed E-state index contributed by atoms with van der Waals surface area (Å²) in [7, 11) is -1.72. The molecule has 0 fully saturated rings. The van der Waals surface area contributed by atoms with Crippen molar-refractivity contribution in [2.45, 2.75) is 0 Å². The summed E-state index contributed by atoms with van der Waals surface area (Å²) < 4.78 is 38.6. The summed E-state index contributed by atoms with van der Waals surface area (Å²) >= 11 is 6.47. The minimum atomic E-state index is -1.72. The summed E-state index contributed by atoms with van der Waals surface area (Å²) in [5.74, 6) is -0.830. The molecule has 0 spiro atoms. The van der Waals surface area contributed by atoms with Crippen LogP contribution in [0.3, 0.4) is 0 Å². The fourth-order valence-electron chi connectivity index (χ4n) is 5.43. The number of rotatable bonds is 2. The van der Waals surface area contributed by atoms with Gasteiger partial charge in [0.2, 0.25) is 0 Å². The van der Waals surface area contributed by atoms with E-state index in [1.807, 2.05) is 66.7 Å². The standard InChI is InChI=1S/C11H6BrNO.C11H8FNO.C11H7NO.C6H6BFO2.C5H4BrNO/c12-7-3-4-9-8(6-7)11-10(14-9)2-1-5-13-11;12-9-5-2-1-4-8(9)11-10(14)6-3-7-13-11;1-2-5-9-8(4-1)11-10(13-9)6-3-7-12-11;8-6-4-2-1-3-5(6)7(9)10;6-5-4(8)2-1-3-7-5/h1-6H;1-7,14H;1-7H;1-4,9-10H;1-3,8H. The molecule has 10 nitrogen and oxygen atoms in total. The molecule has 0 bridgehead atoms. The lowest BCUT2D eigenvalue weighted by atomic mass is 9.80. The number of pyridine rings is 4. The number of benzene rings is 4. The van der Waals surface area contributed by atoms with E-state index in [0.29, 0.717) is 10.2 Å². The third kappa shape index (κ3) is 10.9. The van der Waals surface area contributed by atoms with Gasteiger partial charge < -0.3 is 29.1 Å². The van der Waals surface area contributed by atoms with Crippen LogP contribution in [0.1, 0.15) is 0 Å². The van der Waals surface area contributed by atoms with Gasteiger partial charge in [-0.15, -0.1) is 0 Å². The van der Waals surface area contributed by atoms with Gasteiger partial charge in [-0.2, -0.15) is 0 Å². The number of para-hydroxylation sites is 1. The van der Waals surface area contributed by atoms with Crippen LogP contribution in [0, 0.1) is 11.6 Å². The Morgan fingerprint density at radius 3 is 1.61 bits per heavy atom. The lowest BCUT2D eigenvalue weighted by Gasteiger charge is -2.03. The van der Waals surface area contributed by atoms with E-state index in [0.717, 1.165) is 48.6 Å². The smallest absolute Gasteiger partial charge is 0.491 e. The van der Waals surface area contributed by atoms with Crippen LogP contribution in [0.2, 0.25) is 0 Å². The van der Waals surface area contributed by atoms with Crippen LogP contribution in [-0.2, 0) is 0 Å². The summed E-state index contributed by atoms with van der Waals surface area (Å²) in [6.45, 7) is 0. The first-order chi connectivity index (χ1) is 28.6. The monoisotopic (exact) mass is 918 g/mol. The van der Waals surface area contributed by atoms with E-state index in [4.69, 9.17) is 24.0 Å². The molecule has 0 radical (unpaired) electrons. The lowest BCUT2D eigenvalue weighted by Crippen LogP contribution is -2.32. The minimum absolute atomic E-state index is 0.0161. The SMILES string of the molecule is Brc1ccc2oc3cccnc3c2c1.OB(O)c1ccccc1F.Oc1cccnc1-c1ccccc1F.Oc1cccnc1Br.c1ccc2c(c1)oc1cccnc12. The van der Waals surface area contributed by atoms with Gasteiger partial charge >= 0.3 is 7.12 Å². The first-order valence-corrected chi connectivity index (χ1v) is 19.1. The molecule has 10 rings (SSSR count). The topological polar surface area (TPSA) is 159 Å². The molecular weight excluding hydrogens is 889 g/mol. The van der Waals surface area contributed by atoms with Gasteiger partial charge in [0, 0.05) is 51.1 Å². The van der Waals surface area contributed by atoms with E-state index in [-0.39, 0.29) is 28.5 Å². The van der Waals surface area contributed by atoms with Crippen LogP contribution >= 0.6 is 31.9 Å². The van der Waals surface area contributed by atoms with Crippen molar-refractivity contribution in [3.8, 4) is 22.8 Å². The quantitative estimate of drug-likeness (QED) is 0.0971. The zero-order valence-corrected chi connectivity index (χ0v) is 33.7. The van der Waals surface area contributed by atoms with Crippen molar-refractivity contribution in [2.24, 2.45) is 0 Å². The second kappa shape index (κ2) is 20.3. The highest BCUT2D eigenvalue weighted by Gasteiger charge is 2.14. The van der Waals surface area contributed by atoms with Crippen molar-refractivity contribution in [3.05, 3.63) is 185 Å². The van der Waals surface area contributed by atoms with Crippen molar-refractivity contribution in [1.82, 2.24) is 19.9 Å². The highest BCUT2D eigenvalue weighted by molar-refractivity contribution is 9.10. The van der Waals surface area contributed by atoms with Gasteiger partial charge in [0.15, 0.2) is 11.2 Å². The van der Waals surface area contributed by atoms with Gasteiger partial charge in [-0.3, -0.25) is 15.0 Å². The second-order valence-corrected chi connectivity index (χ2v) is 13.8. The van der Waals surface area contributed by atoms with Crippen LogP contribution in [0.4, 0.5) is 8.78 Å². The molecule has 294 valence electrons. The van der Waals surface area contributed by atoms with Crippen molar-refractivity contribution in [3.63, 3.8) is 0 Å². The number of hydrogen-bond donors (Lipinski definition) is 4. The molecule has 15 heteroatoms. The fourth-order valence-corrected chi connectivity index (χ4v) is 6.05. The summed E-state index contributed by atoms with van der Waals surface area (Å²) in [6.07, 6.45) is 6.67. The summed E-state index contributed by atoms with van der Waals surface area (Å²) in [5, 5.41) is 37.4. The van der Waals surface area contributed by atoms with E-state index >= 15 is 0 Å². The number of aromatic nitrogens is 4. The van der Waals surface area contributed by atoms with Gasteiger partial charge in [-0.1, -0.05) is 58.4 Å². The molecule has 0 atom stereocenters. The van der Waals surface area contributed by atoms with Gasteiger partial charge in [0.05, 0.1) is 0 Å². The van der Waals surface area contributed by atoms with E-state index < -0.39 is 12.9 Å². The van der Waals surface area contributed by atoms with Crippen LogP contribution in [0.25, 0.3) is 55.4 Å². The normalized spacial score (nSPS) is 10.3. The summed E-state index contributed by atoms with van der Waals surface area (Å²) in [6, 6.07) is 39.5. The maximum Gasteiger partial charge on any atom is 0.491 e. The third-order valence-corrected chi connectivity index (χ3v) is 9.26. The van der Waals surface area contributed by atoms with Crippen molar-refractivity contribution in [2.75, 3.05) is 0 Å². The Labute approximate surface area is 352 Å². The molecule has 0 aliphatic carbocycles. The molecule has 10 aromatic rings. The summed E-state index contributed by atoms with van der Waals surface area (Å²) in [5.41, 5.74) is 5.81. The Hall–Kier alpha value is -6.52. The lowest BCUT2D eigenvalue weighted by molar-refractivity contribution is 0.423. The first kappa shape index (κ1) is 42.1. The van der Waals surface area contributed by atoms with Gasteiger partial charge in [-0.25, -0.2) is 13.8 Å². The fraction of sp³-hybridized carbons (Fsp3) is 0. The largest absolute Gasteiger partial charge is 0.506 e. The molecule has 0 saturated heterocycles. The van der Waals surface area contributed by atoms with Gasteiger partial charge in [0.1, 0.15) is 55.6 Å². The highest BCUT2D eigenvalue weighted by atomic mass is 79.9. The first-order valence-electron chi connectivity index (χ1n) is 17.5. The maximum absolute atomic E-state index is 13.3. The third-order valence-electron chi connectivity index (χ3n) is 8.16. The predicted molar refractivity (Wildman–Crippen MR) is 232 cm³/mol. The van der Waals surface area contributed by atoms with Crippen LogP contribution in [-0.4, -0.2) is 47.3 Å². The number of hydrogen-bond acceptors (Lipinski definition) is 10. The molecule has 0 aliphatic rings. The molecule has 0 unspecified atom stereocenters. The molecule has 4 N–H and O–H groups in total. The highest BCUT2D eigenvalue weighted by Crippen LogP contribution is 2.30. The van der Waals surface area contributed by atoms with E-state index in [9.17, 15) is 13.9 Å². The van der Waals surface area contributed by atoms with Crippen LogP contribution < -0.4 is 5.46 Å². The number of furan rings is 2. The van der Waals surface area contributed by atoms with Gasteiger partial charge in [-0.05, 0) is 113 Å². The molecule has 4 aromatic carbocycles. The zero-order chi connectivity index (χ0) is 41.7. The zero-order valence-electron chi connectivity index (χ0n) is 30.6. The second-order valence-electron chi connectivity index (χ2n) is 12.1. The molecule has 59 heavy (non-hydrogen) atoms. The molecule has 6 heterocycles. The van der Waals surface area contributed by atoms with Crippen molar-refractivity contribution in [1.29, 1.82) is 0 Å². The minimum Gasteiger partial charge on any atom is -0.506 e. The number of halogens is 4. The van der Waals surface area contributed by atoms with E-state index in [2.05, 4.69) is 51.8 Å². The molecular formula is C44H31BBr2F2N4O6. The Kier molecular flexibility index (Phi) is 14.5. The predicted octanol–water partition coefficient (Wildman–Crippen LogP) is 10.4. The Balaban J connectivity index is 0.000000126. The van der Waals surface area contributed by atoms with Crippen LogP contribution in [0.15, 0.2) is 182 Å². The average molecular weight is 920 g/mol. The maximum atomic E-state index is 13.3. The Morgan fingerprint density at radius 2 is 1.02 bits per heavy atom. The number of fused-ring (bicyclic) bond motifs is 6.